The van der Waals surface area contributed by atoms with E-state index in [1.807, 2.05) is 54.6 Å². The minimum Gasteiger partial charge on any atom is -0.491 e. The Morgan fingerprint density at radius 2 is 1.79 bits per heavy atom. The van der Waals surface area contributed by atoms with Crippen LogP contribution in [0.15, 0.2) is 54.6 Å². The fraction of sp³-hybridized carbons (Fsp3) is 0.316. The Balaban J connectivity index is 1.91. The molecule has 0 aliphatic heterocycles. The number of methoxy groups -OCH3 is 1. The highest BCUT2D eigenvalue weighted by Crippen LogP contribution is 2.24. The summed E-state index contributed by atoms with van der Waals surface area (Å²) in [4.78, 5) is 12.3. The van der Waals surface area contributed by atoms with Crippen LogP contribution in [0.1, 0.15) is 24.4 Å². The van der Waals surface area contributed by atoms with Crippen LogP contribution in [-0.4, -0.2) is 26.2 Å². The number of benzene rings is 2. The molecule has 1 unspecified atom stereocenters. The highest BCUT2D eigenvalue weighted by Gasteiger charge is 2.13. The fourth-order valence-corrected chi connectivity index (χ4v) is 2.30. The number of ether oxygens (including phenoxy) is 2. The summed E-state index contributed by atoms with van der Waals surface area (Å²) in [6.07, 6.45) is 1.000. The molecule has 2 aromatic rings. The Kier molecular flexibility index (Phi) is 7.26. The first-order valence-electron chi connectivity index (χ1n) is 8.02. The van der Waals surface area contributed by atoms with Gasteiger partial charge in [0.1, 0.15) is 5.75 Å². The Morgan fingerprint density at radius 3 is 2.54 bits per heavy atom. The lowest BCUT2D eigenvalue weighted by molar-refractivity contribution is -0.116. The van der Waals surface area contributed by atoms with Crippen LogP contribution in [0.3, 0.4) is 0 Å². The molecule has 0 aromatic heterocycles. The maximum atomic E-state index is 12.3. The van der Waals surface area contributed by atoms with Gasteiger partial charge in [-0.25, -0.2) is 0 Å². The number of para-hydroxylation sites is 2. The van der Waals surface area contributed by atoms with Crippen LogP contribution >= 0.6 is 0 Å². The Bertz CT molecular complexity index is 632. The van der Waals surface area contributed by atoms with Gasteiger partial charge in [0.15, 0.2) is 0 Å². The lowest BCUT2D eigenvalue weighted by Gasteiger charge is -2.15. The van der Waals surface area contributed by atoms with Crippen molar-refractivity contribution < 1.29 is 14.3 Å². The van der Waals surface area contributed by atoms with Crippen molar-refractivity contribution in [3.63, 3.8) is 0 Å². The van der Waals surface area contributed by atoms with E-state index in [1.54, 1.807) is 7.11 Å². The lowest BCUT2D eigenvalue weighted by Crippen LogP contribution is -2.21. The Morgan fingerprint density at radius 1 is 1.08 bits per heavy atom. The van der Waals surface area contributed by atoms with Gasteiger partial charge in [0.2, 0.25) is 5.91 Å². The van der Waals surface area contributed by atoms with Crippen LogP contribution in [0.25, 0.3) is 0 Å². The molecule has 0 heterocycles. The van der Waals surface area contributed by atoms with Gasteiger partial charge in [-0.15, -0.1) is 0 Å². The topological polar surface area (TPSA) is 73.6 Å². The van der Waals surface area contributed by atoms with Crippen LogP contribution in [0, 0.1) is 0 Å². The standard InChI is InChI=1S/C19H24N2O3/c1-23-12-7-13-24-18-11-6-5-10-17(18)21-19(22)14-16(20)15-8-3-2-4-9-15/h2-6,8-11,16H,7,12-14,20H2,1H3,(H,21,22). The molecule has 0 aliphatic carbocycles. The SMILES string of the molecule is COCCCOc1ccccc1NC(=O)CC(N)c1ccccc1. The lowest BCUT2D eigenvalue weighted by atomic mass is 10.0. The maximum absolute atomic E-state index is 12.3. The van der Waals surface area contributed by atoms with Gasteiger partial charge >= 0.3 is 0 Å². The zero-order valence-corrected chi connectivity index (χ0v) is 13.9. The van der Waals surface area contributed by atoms with Crippen LogP contribution in [0.4, 0.5) is 5.69 Å². The zero-order valence-electron chi connectivity index (χ0n) is 13.9. The van der Waals surface area contributed by atoms with Crippen LogP contribution < -0.4 is 15.8 Å². The van der Waals surface area contributed by atoms with Crippen molar-refractivity contribution in [2.24, 2.45) is 5.73 Å². The molecule has 3 N–H and O–H groups in total. The molecule has 0 saturated heterocycles. The van der Waals surface area contributed by atoms with E-state index in [2.05, 4.69) is 5.32 Å². The van der Waals surface area contributed by atoms with Gasteiger partial charge in [0, 0.05) is 32.6 Å². The minimum atomic E-state index is -0.332. The van der Waals surface area contributed by atoms with Gasteiger partial charge in [-0.1, -0.05) is 42.5 Å². The minimum absolute atomic E-state index is 0.140. The molecule has 0 bridgehead atoms. The number of amides is 1. The summed E-state index contributed by atoms with van der Waals surface area (Å²) in [5, 5.41) is 2.88. The quantitative estimate of drug-likeness (QED) is 0.694. The van der Waals surface area contributed by atoms with Crippen molar-refractivity contribution in [3.8, 4) is 5.75 Å². The third-order valence-electron chi connectivity index (χ3n) is 3.54. The molecule has 0 fully saturated rings. The van der Waals surface area contributed by atoms with Crippen molar-refractivity contribution in [3.05, 3.63) is 60.2 Å². The van der Waals surface area contributed by atoms with E-state index in [1.165, 1.54) is 0 Å². The summed E-state index contributed by atoms with van der Waals surface area (Å²) in [7, 11) is 1.66. The second-order valence-corrected chi connectivity index (χ2v) is 5.46. The third kappa shape index (κ3) is 5.68. The van der Waals surface area contributed by atoms with Gasteiger partial charge in [0.25, 0.3) is 0 Å². The normalized spacial score (nSPS) is 11.8. The molecule has 0 saturated carbocycles. The molecule has 1 atom stereocenters. The highest BCUT2D eigenvalue weighted by atomic mass is 16.5. The molecule has 0 radical (unpaired) electrons. The van der Waals surface area contributed by atoms with E-state index < -0.39 is 0 Å². The van der Waals surface area contributed by atoms with Gasteiger partial charge in [0.05, 0.1) is 12.3 Å². The molecule has 5 heteroatoms. The van der Waals surface area contributed by atoms with Crippen molar-refractivity contribution in [1.82, 2.24) is 0 Å². The van der Waals surface area contributed by atoms with Crippen LogP contribution in [0.2, 0.25) is 0 Å². The van der Waals surface area contributed by atoms with Crippen molar-refractivity contribution in [2.45, 2.75) is 18.9 Å². The second-order valence-electron chi connectivity index (χ2n) is 5.46. The number of carbonyl (C=O) groups is 1. The molecule has 24 heavy (non-hydrogen) atoms. The zero-order chi connectivity index (χ0) is 17.2. The number of nitrogens with two attached hydrogens (primary N) is 1. The van der Waals surface area contributed by atoms with E-state index in [-0.39, 0.29) is 18.4 Å². The van der Waals surface area contributed by atoms with Crippen molar-refractivity contribution >= 4 is 11.6 Å². The molecule has 1 amide bonds. The van der Waals surface area contributed by atoms with Crippen molar-refractivity contribution in [2.75, 3.05) is 25.6 Å². The first kappa shape index (κ1) is 18.0. The molecule has 0 aliphatic rings. The summed E-state index contributed by atoms with van der Waals surface area (Å²) >= 11 is 0. The van der Waals surface area contributed by atoms with E-state index in [4.69, 9.17) is 15.2 Å². The largest absolute Gasteiger partial charge is 0.491 e. The number of hydrogen-bond acceptors (Lipinski definition) is 4. The first-order valence-corrected chi connectivity index (χ1v) is 8.02. The smallest absolute Gasteiger partial charge is 0.226 e. The van der Waals surface area contributed by atoms with Gasteiger partial charge in [-0.05, 0) is 17.7 Å². The number of carbonyl (C=O) groups excluding carboxylic acids is 1. The average molecular weight is 328 g/mol. The van der Waals surface area contributed by atoms with Crippen LogP contribution in [0.5, 0.6) is 5.75 Å². The molecule has 5 nitrogen and oxygen atoms in total. The molecule has 0 spiro atoms. The van der Waals surface area contributed by atoms with Crippen LogP contribution in [-0.2, 0) is 9.53 Å². The summed E-state index contributed by atoms with van der Waals surface area (Å²) in [5.74, 6) is 0.509. The molecule has 2 aromatic carbocycles. The van der Waals surface area contributed by atoms with E-state index in [0.717, 1.165) is 12.0 Å². The summed E-state index contributed by atoms with van der Waals surface area (Å²) < 4.78 is 10.7. The number of rotatable bonds is 9. The first-order chi connectivity index (χ1) is 11.7. The number of hydrogen-bond donors (Lipinski definition) is 2. The highest BCUT2D eigenvalue weighted by molar-refractivity contribution is 5.92. The summed E-state index contributed by atoms with van der Waals surface area (Å²) in [6, 6.07) is 16.6. The number of nitrogens with one attached hydrogen (secondary N) is 1. The Labute approximate surface area is 142 Å². The van der Waals surface area contributed by atoms with Gasteiger partial charge in [-0.2, -0.15) is 0 Å². The molecule has 2 rings (SSSR count). The summed E-state index contributed by atoms with van der Waals surface area (Å²) in [5.41, 5.74) is 7.69. The van der Waals surface area contributed by atoms with E-state index >= 15 is 0 Å². The average Bonchev–Trinajstić information content (AvgIpc) is 2.60. The van der Waals surface area contributed by atoms with Crippen molar-refractivity contribution in [1.29, 1.82) is 0 Å². The van der Waals surface area contributed by atoms with Gasteiger partial charge in [-0.3, -0.25) is 4.79 Å². The third-order valence-corrected chi connectivity index (χ3v) is 3.54. The predicted molar refractivity (Wildman–Crippen MR) is 95.0 cm³/mol. The monoisotopic (exact) mass is 328 g/mol. The van der Waals surface area contributed by atoms with E-state index in [9.17, 15) is 4.79 Å². The summed E-state index contributed by atoms with van der Waals surface area (Å²) in [6.45, 7) is 1.17. The maximum Gasteiger partial charge on any atom is 0.226 e. The molecule has 128 valence electrons. The number of anilines is 1. The second kappa shape index (κ2) is 9.70. The Hall–Kier alpha value is -2.37. The molecular formula is C19H24N2O3. The predicted octanol–water partition coefficient (Wildman–Crippen LogP) is 3.13. The van der Waals surface area contributed by atoms with Gasteiger partial charge < -0.3 is 20.5 Å². The van der Waals surface area contributed by atoms with E-state index in [0.29, 0.717) is 24.7 Å². The molecular weight excluding hydrogens is 304 g/mol. The fourth-order valence-electron chi connectivity index (χ4n) is 2.30.